The Balaban J connectivity index is 1.70. The molecule has 3 rings (SSSR count). The van der Waals surface area contributed by atoms with Crippen LogP contribution in [0, 0.1) is 11.8 Å². The number of rotatable bonds is 3. The van der Waals surface area contributed by atoms with Gasteiger partial charge in [0, 0.05) is 44.4 Å². The SMILES string of the molecule is COCCN(C)C(=O)N1CCn2c(C#Cc3cccc(Cl)c3)nnc2C1. The molecule has 0 fully saturated rings. The fourth-order valence-electron chi connectivity index (χ4n) is 2.67. The van der Waals surface area contributed by atoms with E-state index in [1.807, 2.05) is 16.7 Å². The van der Waals surface area contributed by atoms with Gasteiger partial charge in [-0.05, 0) is 24.1 Å². The van der Waals surface area contributed by atoms with Gasteiger partial charge in [0.25, 0.3) is 0 Å². The number of carbonyl (C=O) groups is 1. The van der Waals surface area contributed by atoms with Crippen LogP contribution in [-0.4, -0.2) is 64.4 Å². The molecule has 2 aromatic rings. The second kappa shape index (κ2) is 8.21. The number of hydrogen-bond acceptors (Lipinski definition) is 4. The predicted molar refractivity (Wildman–Crippen MR) is 97.8 cm³/mol. The summed E-state index contributed by atoms with van der Waals surface area (Å²) in [6.07, 6.45) is 0. The number of likely N-dealkylation sites (N-methyl/N-ethyl adjacent to an activating group) is 1. The largest absolute Gasteiger partial charge is 0.383 e. The lowest BCUT2D eigenvalue weighted by Gasteiger charge is -2.31. The van der Waals surface area contributed by atoms with Crippen molar-refractivity contribution < 1.29 is 9.53 Å². The molecule has 0 atom stereocenters. The van der Waals surface area contributed by atoms with Gasteiger partial charge in [0.1, 0.15) is 0 Å². The van der Waals surface area contributed by atoms with E-state index < -0.39 is 0 Å². The maximum absolute atomic E-state index is 12.5. The molecule has 0 spiro atoms. The standard InChI is InChI=1S/C18H20ClN5O2/c1-22(10-11-26-2)18(25)23-8-9-24-16(20-21-17(24)13-23)7-6-14-4-3-5-15(19)12-14/h3-5,12H,8-11,13H2,1-2H3. The molecule has 1 aromatic heterocycles. The van der Waals surface area contributed by atoms with Crippen LogP contribution in [0.5, 0.6) is 0 Å². The summed E-state index contributed by atoms with van der Waals surface area (Å²) < 4.78 is 6.97. The van der Waals surface area contributed by atoms with Gasteiger partial charge in [-0.25, -0.2) is 4.79 Å². The van der Waals surface area contributed by atoms with Crippen molar-refractivity contribution in [3.05, 3.63) is 46.5 Å². The Morgan fingerprint density at radius 3 is 2.96 bits per heavy atom. The second-order valence-corrected chi connectivity index (χ2v) is 6.41. The summed E-state index contributed by atoms with van der Waals surface area (Å²) in [5.41, 5.74) is 0.822. The normalized spacial score (nSPS) is 13.0. The van der Waals surface area contributed by atoms with Gasteiger partial charge in [-0.2, -0.15) is 0 Å². The van der Waals surface area contributed by atoms with Crippen LogP contribution in [0.25, 0.3) is 0 Å². The van der Waals surface area contributed by atoms with Crippen molar-refractivity contribution >= 4 is 17.6 Å². The molecule has 0 unspecified atom stereocenters. The van der Waals surface area contributed by atoms with Crippen molar-refractivity contribution in [3.63, 3.8) is 0 Å². The van der Waals surface area contributed by atoms with Crippen molar-refractivity contribution in [1.82, 2.24) is 24.6 Å². The van der Waals surface area contributed by atoms with E-state index in [0.717, 1.165) is 11.4 Å². The highest BCUT2D eigenvalue weighted by Crippen LogP contribution is 2.14. The van der Waals surface area contributed by atoms with E-state index in [4.69, 9.17) is 16.3 Å². The van der Waals surface area contributed by atoms with E-state index >= 15 is 0 Å². The highest BCUT2D eigenvalue weighted by atomic mass is 35.5. The minimum atomic E-state index is -0.0390. The number of halogens is 1. The Morgan fingerprint density at radius 1 is 1.35 bits per heavy atom. The van der Waals surface area contributed by atoms with Gasteiger partial charge in [0.15, 0.2) is 5.82 Å². The zero-order valence-electron chi connectivity index (χ0n) is 14.8. The van der Waals surface area contributed by atoms with Gasteiger partial charge < -0.3 is 19.1 Å². The second-order valence-electron chi connectivity index (χ2n) is 5.97. The van der Waals surface area contributed by atoms with Crippen LogP contribution in [0.4, 0.5) is 4.79 Å². The molecular weight excluding hydrogens is 354 g/mol. The summed E-state index contributed by atoms with van der Waals surface area (Å²) in [5, 5.41) is 8.99. The number of amides is 2. The topological polar surface area (TPSA) is 63.5 Å². The number of benzene rings is 1. The molecule has 1 aliphatic rings. The first-order valence-electron chi connectivity index (χ1n) is 8.27. The number of aromatic nitrogens is 3. The number of urea groups is 1. The maximum Gasteiger partial charge on any atom is 0.320 e. The third-order valence-corrected chi connectivity index (χ3v) is 4.36. The van der Waals surface area contributed by atoms with Crippen LogP contribution in [0.15, 0.2) is 24.3 Å². The summed E-state index contributed by atoms with van der Waals surface area (Å²) in [7, 11) is 3.39. The molecule has 0 saturated heterocycles. The number of fused-ring (bicyclic) bond motifs is 1. The van der Waals surface area contributed by atoms with Crippen molar-refractivity contribution in [1.29, 1.82) is 0 Å². The van der Waals surface area contributed by atoms with Crippen molar-refractivity contribution in [2.45, 2.75) is 13.1 Å². The van der Waals surface area contributed by atoms with E-state index in [2.05, 4.69) is 22.0 Å². The molecule has 1 aliphatic heterocycles. The molecular formula is C18H20ClN5O2. The Labute approximate surface area is 157 Å². The first-order valence-corrected chi connectivity index (χ1v) is 8.65. The van der Waals surface area contributed by atoms with Crippen LogP contribution in [-0.2, 0) is 17.8 Å². The number of nitrogens with zero attached hydrogens (tertiary/aromatic N) is 5. The molecule has 2 amide bonds. The molecule has 0 aliphatic carbocycles. The summed E-state index contributed by atoms with van der Waals surface area (Å²) in [4.78, 5) is 15.9. The molecule has 0 bridgehead atoms. The van der Waals surface area contributed by atoms with Crippen LogP contribution < -0.4 is 0 Å². The lowest BCUT2D eigenvalue weighted by atomic mass is 10.2. The van der Waals surface area contributed by atoms with Crippen molar-refractivity contribution in [2.24, 2.45) is 0 Å². The quantitative estimate of drug-likeness (QED) is 0.770. The van der Waals surface area contributed by atoms with Crippen molar-refractivity contribution in [3.8, 4) is 11.8 Å². The number of methoxy groups -OCH3 is 1. The lowest BCUT2D eigenvalue weighted by molar-refractivity contribution is 0.127. The Morgan fingerprint density at radius 2 is 2.19 bits per heavy atom. The first-order chi connectivity index (χ1) is 12.6. The predicted octanol–water partition coefficient (Wildman–Crippen LogP) is 1.85. The first kappa shape index (κ1) is 18.2. The molecule has 8 heteroatoms. The Kier molecular flexibility index (Phi) is 5.76. The van der Waals surface area contributed by atoms with Gasteiger partial charge in [-0.15, -0.1) is 10.2 Å². The number of carbonyl (C=O) groups excluding carboxylic acids is 1. The molecule has 0 saturated carbocycles. The average Bonchev–Trinajstić information content (AvgIpc) is 3.06. The minimum Gasteiger partial charge on any atom is -0.383 e. The lowest BCUT2D eigenvalue weighted by Crippen LogP contribution is -2.46. The highest BCUT2D eigenvalue weighted by molar-refractivity contribution is 6.30. The third-order valence-electron chi connectivity index (χ3n) is 4.12. The maximum atomic E-state index is 12.5. The van der Waals surface area contributed by atoms with Gasteiger partial charge in [0.05, 0.1) is 13.2 Å². The molecule has 26 heavy (non-hydrogen) atoms. The summed E-state index contributed by atoms with van der Waals surface area (Å²) in [6, 6.07) is 7.32. The number of hydrogen-bond donors (Lipinski definition) is 0. The molecule has 0 N–H and O–H groups in total. The van der Waals surface area contributed by atoms with E-state index in [1.165, 1.54) is 0 Å². The van der Waals surface area contributed by atoms with Gasteiger partial charge in [-0.1, -0.05) is 23.6 Å². The smallest absolute Gasteiger partial charge is 0.320 e. The zero-order chi connectivity index (χ0) is 18.5. The zero-order valence-corrected chi connectivity index (χ0v) is 15.5. The Bertz CT molecular complexity index is 855. The summed E-state index contributed by atoms with van der Waals surface area (Å²) in [6.45, 7) is 2.69. The third kappa shape index (κ3) is 4.15. The molecule has 136 valence electrons. The van der Waals surface area contributed by atoms with Crippen LogP contribution >= 0.6 is 11.6 Å². The summed E-state index contributed by atoms with van der Waals surface area (Å²) >= 11 is 5.97. The molecule has 7 nitrogen and oxygen atoms in total. The van der Waals surface area contributed by atoms with Gasteiger partial charge in [0.2, 0.25) is 5.82 Å². The fourth-order valence-corrected chi connectivity index (χ4v) is 2.86. The average molecular weight is 374 g/mol. The molecule has 1 aromatic carbocycles. The van der Waals surface area contributed by atoms with Gasteiger partial charge >= 0.3 is 6.03 Å². The fraction of sp³-hybridized carbons (Fsp3) is 0.389. The molecule has 0 radical (unpaired) electrons. The highest BCUT2D eigenvalue weighted by Gasteiger charge is 2.25. The van der Waals surface area contributed by atoms with E-state index in [1.54, 1.807) is 36.1 Å². The van der Waals surface area contributed by atoms with E-state index in [0.29, 0.717) is 43.6 Å². The minimum absolute atomic E-state index is 0.0390. The van der Waals surface area contributed by atoms with Crippen LogP contribution in [0.3, 0.4) is 0 Å². The van der Waals surface area contributed by atoms with Crippen molar-refractivity contribution in [2.75, 3.05) is 33.9 Å². The van der Waals surface area contributed by atoms with E-state index in [9.17, 15) is 4.79 Å². The van der Waals surface area contributed by atoms with E-state index in [-0.39, 0.29) is 6.03 Å². The van der Waals surface area contributed by atoms with Crippen LogP contribution in [0.1, 0.15) is 17.2 Å². The van der Waals surface area contributed by atoms with Gasteiger partial charge in [-0.3, -0.25) is 0 Å². The Hall–Kier alpha value is -2.56. The monoisotopic (exact) mass is 373 g/mol. The number of ether oxygens (including phenoxy) is 1. The summed E-state index contributed by atoms with van der Waals surface area (Å²) in [5.74, 6) is 7.43. The molecule has 2 heterocycles. The van der Waals surface area contributed by atoms with Crippen LogP contribution in [0.2, 0.25) is 5.02 Å².